The lowest BCUT2D eigenvalue weighted by Gasteiger charge is -2.21. The molecule has 104 valence electrons. The van der Waals surface area contributed by atoms with E-state index in [9.17, 15) is 4.39 Å². The highest BCUT2D eigenvalue weighted by molar-refractivity contribution is 5.19. The minimum Gasteiger partial charge on any atom is -0.207 e. The van der Waals surface area contributed by atoms with E-state index in [1.54, 1.807) is 12.1 Å². The molecule has 0 nitrogen and oxygen atoms in total. The molecule has 0 spiro atoms. The molecule has 0 atom stereocenters. The van der Waals surface area contributed by atoms with Gasteiger partial charge in [-0.3, -0.25) is 0 Å². The quantitative estimate of drug-likeness (QED) is 0.714. The van der Waals surface area contributed by atoms with E-state index >= 15 is 0 Å². The molecule has 3 rings (SSSR count). The van der Waals surface area contributed by atoms with Crippen molar-refractivity contribution in [2.24, 2.45) is 0 Å². The molecule has 1 saturated carbocycles. The lowest BCUT2D eigenvalue weighted by Crippen LogP contribution is -3.61. The third kappa shape index (κ3) is 3.60. The van der Waals surface area contributed by atoms with Gasteiger partial charge in [-0.1, -0.05) is 31.4 Å². The van der Waals surface area contributed by atoms with E-state index in [2.05, 4.69) is 24.3 Å². The summed E-state index contributed by atoms with van der Waals surface area (Å²) in [6.45, 7) is 0. The Kier molecular flexibility index (Phi) is 4.71. The lowest BCUT2D eigenvalue weighted by molar-refractivity contribution is -0.597. The molecule has 0 radical (unpaired) electrons. The van der Waals surface area contributed by atoms with E-state index < -0.39 is 0 Å². The normalized spacial score (nSPS) is 16.2. The Morgan fingerprint density at radius 3 is 1.90 bits per heavy atom. The Bertz CT molecular complexity index is 539. The van der Waals surface area contributed by atoms with Gasteiger partial charge in [-0.2, -0.15) is 0 Å². The molecule has 1 aliphatic carbocycles. The molecule has 0 bridgehead atoms. The van der Waals surface area contributed by atoms with Gasteiger partial charge < -0.3 is 0 Å². The minimum absolute atomic E-state index is 0.148. The van der Waals surface area contributed by atoms with Gasteiger partial charge in [0.25, 0.3) is 0 Å². The van der Waals surface area contributed by atoms with Crippen molar-refractivity contribution < 1.29 is 25.6 Å². The first-order chi connectivity index (χ1) is 9.81. The van der Waals surface area contributed by atoms with Crippen LogP contribution in [0.25, 0.3) is 0 Å². The lowest BCUT2D eigenvalue weighted by atomic mass is 9.84. The highest BCUT2D eigenvalue weighted by Gasteiger charge is 2.18. The second-order valence-corrected chi connectivity index (χ2v) is 8.45. The summed E-state index contributed by atoms with van der Waals surface area (Å²) >= 11 is -0.182. The van der Waals surface area contributed by atoms with Gasteiger partial charge in [0.15, 0.2) is 7.14 Å². The average molecular weight is 381 g/mol. The third-order valence-electron chi connectivity index (χ3n) is 3.97. The molecule has 2 aromatic carbocycles. The number of rotatable bonds is 3. The summed E-state index contributed by atoms with van der Waals surface area (Å²) in [6, 6.07) is 16.1. The van der Waals surface area contributed by atoms with Crippen LogP contribution in [0.3, 0.4) is 0 Å². The number of hydrogen-bond donors (Lipinski definition) is 0. The van der Waals surface area contributed by atoms with Crippen LogP contribution in [0.5, 0.6) is 0 Å². The van der Waals surface area contributed by atoms with E-state index in [1.807, 2.05) is 12.1 Å². The highest BCUT2D eigenvalue weighted by atomic mass is 127. The SMILES string of the molecule is Fc1ccc([I+]c2ccc(C3CCCCC3)cc2)cc1. The highest BCUT2D eigenvalue weighted by Crippen LogP contribution is 2.32. The minimum atomic E-state index is -0.182. The number of halogens is 2. The molecule has 0 aliphatic heterocycles. The van der Waals surface area contributed by atoms with Crippen LogP contribution in [-0.4, -0.2) is 0 Å². The molecule has 1 fully saturated rings. The predicted molar refractivity (Wildman–Crippen MR) is 76.1 cm³/mol. The summed E-state index contributed by atoms with van der Waals surface area (Å²) in [6.07, 6.45) is 6.88. The molecular formula is C18H19FI+. The van der Waals surface area contributed by atoms with Crippen molar-refractivity contribution in [3.63, 3.8) is 0 Å². The van der Waals surface area contributed by atoms with Crippen LogP contribution < -0.4 is 21.2 Å². The summed E-state index contributed by atoms with van der Waals surface area (Å²) < 4.78 is 15.6. The Balaban J connectivity index is 1.67. The average Bonchev–Trinajstić information content (AvgIpc) is 2.51. The van der Waals surface area contributed by atoms with Gasteiger partial charge in [0, 0.05) is 0 Å². The molecule has 2 aromatic rings. The van der Waals surface area contributed by atoms with E-state index in [1.165, 1.54) is 44.8 Å². The van der Waals surface area contributed by atoms with Gasteiger partial charge in [-0.05, 0) is 60.7 Å². The van der Waals surface area contributed by atoms with Crippen LogP contribution in [0, 0.1) is 13.0 Å². The molecular weight excluding hydrogens is 362 g/mol. The molecule has 0 heterocycles. The van der Waals surface area contributed by atoms with Crippen molar-refractivity contribution in [2.45, 2.75) is 38.0 Å². The van der Waals surface area contributed by atoms with Crippen LogP contribution in [0.4, 0.5) is 4.39 Å². The summed E-state index contributed by atoms with van der Waals surface area (Å²) in [5.41, 5.74) is 1.51. The number of hydrogen-bond acceptors (Lipinski definition) is 0. The van der Waals surface area contributed by atoms with Crippen LogP contribution in [0.1, 0.15) is 43.6 Å². The Morgan fingerprint density at radius 1 is 0.750 bits per heavy atom. The van der Waals surface area contributed by atoms with E-state index in [-0.39, 0.29) is 27.0 Å². The van der Waals surface area contributed by atoms with E-state index in [0.717, 1.165) is 5.92 Å². The van der Waals surface area contributed by atoms with Crippen LogP contribution in [-0.2, 0) is 0 Å². The summed E-state index contributed by atoms with van der Waals surface area (Å²) in [5, 5.41) is 0. The van der Waals surface area contributed by atoms with Crippen LogP contribution in [0.15, 0.2) is 48.5 Å². The molecule has 0 saturated heterocycles. The predicted octanol–water partition coefficient (Wildman–Crippen LogP) is 2.00. The van der Waals surface area contributed by atoms with Crippen molar-refractivity contribution in [3.05, 3.63) is 67.1 Å². The van der Waals surface area contributed by atoms with Gasteiger partial charge in [0.05, 0.1) is 0 Å². The summed E-state index contributed by atoms with van der Waals surface area (Å²) in [4.78, 5) is 0. The van der Waals surface area contributed by atoms with E-state index in [4.69, 9.17) is 0 Å². The first-order valence-corrected chi connectivity index (χ1v) is 9.47. The van der Waals surface area contributed by atoms with Crippen molar-refractivity contribution >= 4 is 0 Å². The molecule has 0 N–H and O–H groups in total. The topological polar surface area (TPSA) is 0 Å². The zero-order valence-electron chi connectivity index (χ0n) is 11.5. The second-order valence-electron chi connectivity index (χ2n) is 5.42. The maximum absolute atomic E-state index is 12.9. The second kappa shape index (κ2) is 6.70. The van der Waals surface area contributed by atoms with E-state index in [0.29, 0.717) is 0 Å². The molecule has 0 unspecified atom stereocenters. The fourth-order valence-electron chi connectivity index (χ4n) is 2.85. The molecule has 1 aliphatic rings. The maximum atomic E-state index is 12.9. The Hall–Kier alpha value is -0.900. The summed E-state index contributed by atoms with van der Waals surface area (Å²) in [5.74, 6) is 0.632. The van der Waals surface area contributed by atoms with Crippen molar-refractivity contribution in [3.8, 4) is 0 Å². The zero-order valence-corrected chi connectivity index (χ0v) is 13.6. The van der Waals surface area contributed by atoms with Gasteiger partial charge >= 0.3 is 21.2 Å². The zero-order chi connectivity index (χ0) is 13.8. The smallest absolute Gasteiger partial charge is 0.207 e. The molecule has 2 heteroatoms. The monoisotopic (exact) mass is 381 g/mol. The van der Waals surface area contributed by atoms with Crippen LogP contribution >= 0.6 is 0 Å². The molecule has 20 heavy (non-hydrogen) atoms. The Morgan fingerprint density at radius 2 is 1.30 bits per heavy atom. The molecule has 0 aromatic heterocycles. The summed E-state index contributed by atoms with van der Waals surface area (Å²) in [7, 11) is 0. The fourth-order valence-corrected chi connectivity index (χ4v) is 5.01. The van der Waals surface area contributed by atoms with Gasteiger partial charge in [-0.15, -0.1) is 0 Å². The van der Waals surface area contributed by atoms with Gasteiger partial charge in [0.2, 0.25) is 0 Å². The fraction of sp³-hybridized carbons (Fsp3) is 0.333. The first kappa shape index (κ1) is 14.1. The van der Waals surface area contributed by atoms with Crippen molar-refractivity contribution in [1.82, 2.24) is 0 Å². The first-order valence-electron chi connectivity index (χ1n) is 7.31. The number of benzene rings is 2. The standard InChI is InChI=1S/C18H19FI/c19-16-8-12-18(13-9-16)20-17-10-6-15(7-11-17)14-4-2-1-3-5-14/h6-14H,1-5H2/q+1. The van der Waals surface area contributed by atoms with Gasteiger partial charge in [-0.25, -0.2) is 4.39 Å². The van der Waals surface area contributed by atoms with Crippen molar-refractivity contribution in [2.75, 3.05) is 0 Å². The molecule has 0 amide bonds. The third-order valence-corrected chi connectivity index (χ3v) is 6.65. The van der Waals surface area contributed by atoms with Crippen molar-refractivity contribution in [1.29, 1.82) is 0 Å². The largest absolute Gasteiger partial charge is 0.357 e. The maximum Gasteiger partial charge on any atom is 0.357 e. The van der Waals surface area contributed by atoms with Crippen LogP contribution in [0.2, 0.25) is 0 Å². The Labute approximate surface area is 130 Å². The van der Waals surface area contributed by atoms with Gasteiger partial charge in [0.1, 0.15) is 5.82 Å².